The number of rotatable bonds is 4. The van der Waals surface area contributed by atoms with Gasteiger partial charge in [0.05, 0.1) is 6.61 Å². The standard InChI is InChI=1S/C13H21BrOSi/c1-10-8-11(14)6-7-12(10)15-9-13(2,3)16(4)5/h6-8,16H,9H2,1-5H3. The van der Waals surface area contributed by atoms with Crippen LogP contribution in [-0.2, 0) is 0 Å². The first-order chi connectivity index (χ1) is 7.33. The fourth-order valence-electron chi connectivity index (χ4n) is 1.21. The topological polar surface area (TPSA) is 9.23 Å². The van der Waals surface area contributed by atoms with E-state index < -0.39 is 8.80 Å². The molecule has 16 heavy (non-hydrogen) atoms. The summed E-state index contributed by atoms with van der Waals surface area (Å²) in [5.74, 6) is 1.01. The van der Waals surface area contributed by atoms with Crippen LogP contribution < -0.4 is 4.74 Å². The van der Waals surface area contributed by atoms with Crippen molar-refractivity contribution in [2.75, 3.05) is 6.61 Å². The minimum absolute atomic E-state index is 0.347. The Labute approximate surface area is 109 Å². The van der Waals surface area contributed by atoms with Gasteiger partial charge in [-0.15, -0.1) is 0 Å². The molecule has 0 saturated heterocycles. The molecule has 1 rings (SSSR count). The molecule has 0 unspecified atom stereocenters. The SMILES string of the molecule is Cc1cc(Br)ccc1OCC(C)(C)[SiH](C)C. The maximum atomic E-state index is 5.93. The summed E-state index contributed by atoms with van der Waals surface area (Å²) >= 11 is 3.46. The number of ether oxygens (including phenoxy) is 1. The van der Waals surface area contributed by atoms with Crippen LogP contribution in [0.15, 0.2) is 22.7 Å². The zero-order chi connectivity index (χ0) is 12.3. The molecule has 0 atom stereocenters. The molecule has 0 fully saturated rings. The largest absolute Gasteiger partial charge is 0.493 e. The first-order valence-corrected chi connectivity index (χ1v) is 9.40. The third-order valence-corrected chi connectivity index (χ3v) is 7.09. The van der Waals surface area contributed by atoms with Gasteiger partial charge in [0, 0.05) is 13.3 Å². The highest BCUT2D eigenvalue weighted by atomic mass is 79.9. The smallest absolute Gasteiger partial charge is 0.122 e. The van der Waals surface area contributed by atoms with Crippen LogP contribution in [0.5, 0.6) is 5.75 Å². The molecule has 0 spiro atoms. The summed E-state index contributed by atoms with van der Waals surface area (Å²) in [6.45, 7) is 12.3. The van der Waals surface area contributed by atoms with E-state index in [2.05, 4.69) is 55.9 Å². The van der Waals surface area contributed by atoms with Crippen molar-refractivity contribution >= 4 is 24.7 Å². The van der Waals surface area contributed by atoms with Gasteiger partial charge in [-0.05, 0) is 35.7 Å². The van der Waals surface area contributed by atoms with E-state index in [1.807, 2.05) is 12.1 Å². The third-order valence-electron chi connectivity index (χ3n) is 3.30. The predicted octanol–water partition coefficient (Wildman–Crippen LogP) is 4.40. The molecular weight excluding hydrogens is 280 g/mol. The lowest BCUT2D eigenvalue weighted by atomic mass is 10.2. The molecule has 0 aliphatic carbocycles. The van der Waals surface area contributed by atoms with E-state index in [1.165, 1.54) is 5.56 Å². The quantitative estimate of drug-likeness (QED) is 0.749. The second kappa shape index (κ2) is 5.37. The molecule has 0 radical (unpaired) electrons. The van der Waals surface area contributed by atoms with Crippen molar-refractivity contribution in [2.24, 2.45) is 0 Å². The van der Waals surface area contributed by atoms with E-state index in [0.717, 1.165) is 16.8 Å². The highest BCUT2D eigenvalue weighted by molar-refractivity contribution is 9.10. The van der Waals surface area contributed by atoms with E-state index in [0.29, 0.717) is 5.04 Å². The van der Waals surface area contributed by atoms with Crippen LogP contribution in [0, 0.1) is 6.92 Å². The monoisotopic (exact) mass is 300 g/mol. The van der Waals surface area contributed by atoms with Crippen LogP contribution in [0.2, 0.25) is 18.1 Å². The summed E-state index contributed by atoms with van der Waals surface area (Å²) in [7, 11) is -0.681. The normalized spacial score (nSPS) is 11.9. The average molecular weight is 301 g/mol. The van der Waals surface area contributed by atoms with E-state index in [-0.39, 0.29) is 0 Å². The van der Waals surface area contributed by atoms with Crippen molar-refractivity contribution in [1.82, 2.24) is 0 Å². The Bertz CT molecular complexity index is 361. The first-order valence-electron chi connectivity index (χ1n) is 5.72. The molecule has 0 bridgehead atoms. The molecule has 0 aliphatic rings. The number of benzene rings is 1. The van der Waals surface area contributed by atoms with Crippen LogP contribution in [0.3, 0.4) is 0 Å². The Morgan fingerprint density at radius 1 is 1.31 bits per heavy atom. The van der Waals surface area contributed by atoms with Crippen molar-refractivity contribution in [1.29, 1.82) is 0 Å². The average Bonchev–Trinajstić information content (AvgIpc) is 2.16. The Morgan fingerprint density at radius 2 is 1.94 bits per heavy atom. The molecule has 0 N–H and O–H groups in total. The van der Waals surface area contributed by atoms with Crippen molar-refractivity contribution in [2.45, 2.75) is 38.9 Å². The molecule has 1 aromatic rings. The zero-order valence-electron chi connectivity index (χ0n) is 10.8. The van der Waals surface area contributed by atoms with Gasteiger partial charge in [0.1, 0.15) is 5.75 Å². The van der Waals surface area contributed by atoms with Crippen LogP contribution >= 0.6 is 15.9 Å². The van der Waals surface area contributed by atoms with E-state index in [4.69, 9.17) is 4.74 Å². The lowest BCUT2D eigenvalue weighted by Crippen LogP contribution is -2.27. The fraction of sp³-hybridized carbons (Fsp3) is 0.538. The Balaban J connectivity index is 2.68. The van der Waals surface area contributed by atoms with Gasteiger partial charge < -0.3 is 4.74 Å². The molecule has 3 heteroatoms. The molecule has 0 saturated carbocycles. The summed E-state index contributed by atoms with van der Waals surface area (Å²) in [4.78, 5) is 0. The van der Waals surface area contributed by atoms with Crippen LogP contribution in [0.25, 0.3) is 0 Å². The van der Waals surface area contributed by atoms with Crippen molar-refractivity contribution in [3.05, 3.63) is 28.2 Å². The third kappa shape index (κ3) is 3.63. The fourth-order valence-corrected chi connectivity index (χ4v) is 2.10. The van der Waals surface area contributed by atoms with Gasteiger partial charge in [-0.25, -0.2) is 0 Å². The molecule has 90 valence electrons. The number of hydrogen-bond donors (Lipinski definition) is 0. The highest BCUT2D eigenvalue weighted by Crippen LogP contribution is 2.30. The molecule has 0 heterocycles. The molecular formula is C13H21BrOSi. The molecule has 0 amide bonds. The van der Waals surface area contributed by atoms with Gasteiger partial charge >= 0.3 is 0 Å². The van der Waals surface area contributed by atoms with Gasteiger partial charge in [-0.1, -0.05) is 42.9 Å². The summed E-state index contributed by atoms with van der Waals surface area (Å²) in [6.07, 6.45) is 0. The Kier molecular flexibility index (Phi) is 4.62. The van der Waals surface area contributed by atoms with Gasteiger partial charge in [-0.3, -0.25) is 0 Å². The maximum Gasteiger partial charge on any atom is 0.122 e. The lowest BCUT2D eigenvalue weighted by Gasteiger charge is -2.28. The first kappa shape index (κ1) is 13.8. The minimum Gasteiger partial charge on any atom is -0.493 e. The predicted molar refractivity (Wildman–Crippen MR) is 77.3 cm³/mol. The number of aryl methyl sites for hydroxylation is 1. The molecule has 0 aromatic heterocycles. The summed E-state index contributed by atoms with van der Waals surface area (Å²) < 4.78 is 7.04. The minimum atomic E-state index is -0.681. The van der Waals surface area contributed by atoms with Gasteiger partial charge in [0.25, 0.3) is 0 Å². The molecule has 0 aliphatic heterocycles. The van der Waals surface area contributed by atoms with Crippen molar-refractivity contribution in [3.63, 3.8) is 0 Å². The van der Waals surface area contributed by atoms with Gasteiger partial charge in [0.2, 0.25) is 0 Å². The van der Waals surface area contributed by atoms with Crippen molar-refractivity contribution < 1.29 is 4.74 Å². The van der Waals surface area contributed by atoms with Gasteiger partial charge in [-0.2, -0.15) is 0 Å². The van der Waals surface area contributed by atoms with Crippen LogP contribution in [0.1, 0.15) is 19.4 Å². The second-order valence-electron chi connectivity index (χ2n) is 5.34. The molecule has 1 nitrogen and oxygen atoms in total. The number of halogens is 1. The van der Waals surface area contributed by atoms with Crippen molar-refractivity contribution in [3.8, 4) is 5.75 Å². The Hall–Kier alpha value is -0.283. The van der Waals surface area contributed by atoms with E-state index in [9.17, 15) is 0 Å². The van der Waals surface area contributed by atoms with E-state index >= 15 is 0 Å². The van der Waals surface area contributed by atoms with Crippen LogP contribution in [-0.4, -0.2) is 15.4 Å². The Morgan fingerprint density at radius 3 is 2.44 bits per heavy atom. The summed E-state index contributed by atoms with van der Waals surface area (Å²) in [6, 6.07) is 6.16. The number of hydrogen-bond acceptors (Lipinski definition) is 1. The summed E-state index contributed by atoms with van der Waals surface area (Å²) in [5, 5.41) is 0.347. The summed E-state index contributed by atoms with van der Waals surface area (Å²) in [5.41, 5.74) is 1.19. The lowest BCUT2D eigenvalue weighted by molar-refractivity contribution is 0.274. The van der Waals surface area contributed by atoms with E-state index in [1.54, 1.807) is 0 Å². The van der Waals surface area contributed by atoms with Gasteiger partial charge in [0.15, 0.2) is 0 Å². The van der Waals surface area contributed by atoms with Crippen LogP contribution in [0.4, 0.5) is 0 Å². The zero-order valence-corrected chi connectivity index (χ0v) is 13.5. The second-order valence-corrected chi connectivity index (χ2v) is 10.1. The highest BCUT2D eigenvalue weighted by Gasteiger charge is 2.24. The maximum absolute atomic E-state index is 5.93. The molecule has 1 aromatic carbocycles.